The van der Waals surface area contributed by atoms with E-state index >= 15 is 0 Å². The zero-order chi connectivity index (χ0) is 17.9. The minimum Gasteiger partial charge on any atom is -0.354 e. The molecule has 0 aliphatic rings. The number of guanidine groups is 1. The number of aliphatic imine (C=N–C) groups is 1. The normalized spacial score (nSPS) is 12.6. The molecule has 1 N–H and O–H groups in total. The van der Waals surface area contributed by atoms with Crippen molar-refractivity contribution in [2.75, 3.05) is 41.3 Å². The molecule has 0 aliphatic carbocycles. The fourth-order valence-electron chi connectivity index (χ4n) is 2.70. The van der Waals surface area contributed by atoms with Crippen molar-refractivity contribution in [3.63, 3.8) is 0 Å². The first-order valence-electron chi connectivity index (χ1n) is 8.67. The lowest BCUT2D eigenvalue weighted by Gasteiger charge is -2.27. The minimum atomic E-state index is 0. The Morgan fingerprint density at radius 3 is 2.60 bits per heavy atom. The summed E-state index contributed by atoms with van der Waals surface area (Å²) < 4.78 is 1.84. The summed E-state index contributed by atoms with van der Waals surface area (Å²) in [5, 5.41) is 7.77. The number of hydrogen-bond donors (Lipinski definition) is 1. The highest BCUT2D eigenvalue weighted by Gasteiger charge is 2.17. The number of nitrogens with one attached hydrogen (secondary N) is 1. The summed E-state index contributed by atoms with van der Waals surface area (Å²) in [6, 6.07) is 0.261. The highest BCUT2D eigenvalue weighted by atomic mass is 127. The number of halogens is 1. The lowest BCUT2D eigenvalue weighted by molar-refractivity contribution is 0.295. The quantitative estimate of drug-likeness (QED) is 0.191. The van der Waals surface area contributed by atoms with E-state index in [4.69, 9.17) is 0 Å². The van der Waals surface area contributed by atoms with Gasteiger partial charge in [-0.3, -0.25) is 9.67 Å². The second-order valence-electron chi connectivity index (χ2n) is 6.41. The van der Waals surface area contributed by atoms with Crippen molar-refractivity contribution < 1.29 is 0 Å². The second kappa shape index (κ2) is 13.2. The number of aryl methyl sites for hydroxylation is 1. The smallest absolute Gasteiger partial charge is 0.193 e. The number of unbranched alkanes of at least 4 members (excludes halogenated alkanes) is 3. The molecule has 1 rings (SSSR count). The zero-order valence-corrected chi connectivity index (χ0v) is 18.7. The Balaban J connectivity index is 0.00000576. The molecule has 1 unspecified atom stereocenters. The number of aromatic nitrogens is 2. The van der Waals surface area contributed by atoms with E-state index < -0.39 is 0 Å². The molecule has 1 heterocycles. The Kier molecular flexibility index (Phi) is 12.6. The van der Waals surface area contributed by atoms with Crippen LogP contribution in [0.1, 0.15) is 37.3 Å². The number of hydrogen-bond acceptors (Lipinski definition) is 3. The lowest BCUT2D eigenvalue weighted by Crippen LogP contribution is -2.43. The Bertz CT molecular complexity index is 511. The van der Waals surface area contributed by atoms with Gasteiger partial charge in [0, 0.05) is 46.0 Å². The van der Waals surface area contributed by atoms with E-state index in [-0.39, 0.29) is 30.0 Å². The van der Waals surface area contributed by atoms with Crippen molar-refractivity contribution in [1.82, 2.24) is 24.9 Å². The Morgan fingerprint density at radius 2 is 2.08 bits per heavy atom. The highest BCUT2D eigenvalue weighted by molar-refractivity contribution is 14.0. The van der Waals surface area contributed by atoms with Crippen LogP contribution in [0.2, 0.25) is 0 Å². The fraction of sp³-hybridized carbons (Fsp3) is 0.667. The molecule has 1 atom stereocenters. The van der Waals surface area contributed by atoms with E-state index in [1.54, 1.807) is 0 Å². The van der Waals surface area contributed by atoms with Crippen LogP contribution in [0.5, 0.6) is 0 Å². The van der Waals surface area contributed by atoms with Crippen LogP contribution < -0.4 is 5.32 Å². The first-order chi connectivity index (χ1) is 11.5. The average molecular weight is 462 g/mol. The molecule has 144 valence electrons. The van der Waals surface area contributed by atoms with Gasteiger partial charge in [-0.05, 0) is 33.4 Å². The molecule has 0 amide bonds. The molecule has 0 aliphatic heterocycles. The first kappa shape index (κ1) is 23.9. The van der Waals surface area contributed by atoms with Gasteiger partial charge in [-0.2, -0.15) is 5.10 Å². The standard InChI is InChI=1S/C18H34N6.HI/c1-7-8-9-10-11-12-23(5)18(19-2)20-14-17(22(3)4)16-13-21-24(6)15-16;/h7,13,15,17H,1,8-12,14H2,2-6H3,(H,19,20);1H. The van der Waals surface area contributed by atoms with Crippen LogP contribution in [0.3, 0.4) is 0 Å². The summed E-state index contributed by atoms with van der Waals surface area (Å²) in [5.41, 5.74) is 1.21. The van der Waals surface area contributed by atoms with Gasteiger partial charge in [0.15, 0.2) is 5.96 Å². The molecule has 0 bridgehead atoms. The SMILES string of the molecule is C=CCCCCCN(C)C(=NC)NCC(c1cnn(C)c1)N(C)C.I. The zero-order valence-electron chi connectivity index (χ0n) is 16.4. The van der Waals surface area contributed by atoms with Crippen LogP contribution >= 0.6 is 24.0 Å². The number of nitrogens with zero attached hydrogens (tertiary/aromatic N) is 5. The molecule has 25 heavy (non-hydrogen) atoms. The van der Waals surface area contributed by atoms with E-state index in [9.17, 15) is 0 Å². The van der Waals surface area contributed by atoms with Gasteiger partial charge >= 0.3 is 0 Å². The summed E-state index contributed by atoms with van der Waals surface area (Å²) in [4.78, 5) is 8.81. The van der Waals surface area contributed by atoms with Crippen LogP contribution in [-0.4, -0.2) is 66.8 Å². The highest BCUT2D eigenvalue weighted by Crippen LogP contribution is 2.16. The maximum Gasteiger partial charge on any atom is 0.193 e. The number of allylic oxidation sites excluding steroid dienone is 1. The van der Waals surface area contributed by atoms with Crippen LogP contribution in [0.15, 0.2) is 30.0 Å². The number of likely N-dealkylation sites (N-methyl/N-ethyl adjacent to an activating group) is 1. The third-order valence-electron chi connectivity index (χ3n) is 4.16. The topological polar surface area (TPSA) is 48.7 Å². The van der Waals surface area contributed by atoms with Gasteiger partial charge in [0.1, 0.15) is 0 Å². The van der Waals surface area contributed by atoms with Crippen molar-refractivity contribution in [3.05, 3.63) is 30.6 Å². The van der Waals surface area contributed by atoms with E-state index in [2.05, 4.69) is 59.1 Å². The van der Waals surface area contributed by atoms with Crippen molar-refractivity contribution in [2.24, 2.45) is 12.0 Å². The van der Waals surface area contributed by atoms with Gasteiger partial charge in [-0.1, -0.05) is 12.5 Å². The monoisotopic (exact) mass is 462 g/mol. The molecule has 7 heteroatoms. The van der Waals surface area contributed by atoms with Crippen LogP contribution in [-0.2, 0) is 7.05 Å². The van der Waals surface area contributed by atoms with Crippen molar-refractivity contribution in [3.8, 4) is 0 Å². The molecular formula is C18H35IN6. The summed E-state index contributed by atoms with van der Waals surface area (Å²) in [7, 11) is 10.1. The van der Waals surface area contributed by atoms with Crippen molar-refractivity contribution in [2.45, 2.75) is 31.7 Å². The minimum absolute atomic E-state index is 0. The molecule has 0 saturated heterocycles. The summed E-state index contributed by atoms with van der Waals surface area (Å²) in [6.07, 6.45) is 10.7. The molecule has 1 aromatic rings. The first-order valence-corrected chi connectivity index (χ1v) is 8.67. The summed E-state index contributed by atoms with van der Waals surface area (Å²) in [5.74, 6) is 0.939. The third kappa shape index (κ3) is 8.71. The second-order valence-corrected chi connectivity index (χ2v) is 6.41. The summed E-state index contributed by atoms with van der Waals surface area (Å²) >= 11 is 0. The van der Waals surface area contributed by atoms with Gasteiger partial charge in [-0.25, -0.2) is 0 Å². The van der Waals surface area contributed by atoms with E-state index in [0.29, 0.717) is 0 Å². The molecule has 0 spiro atoms. The predicted octanol–water partition coefficient (Wildman–Crippen LogP) is 2.89. The van der Waals surface area contributed by atoms with E-state index in [1.165, 1.54) is 24.8 Å². The van der Waals surface area contributed by atoms with E-state index in [1.807, 2.05) is 31.1 Å². The van der Waals surface area contributed by atoms with E-state index in [0.717, 1.165) is 25.5 Å². The molecule has 0 radical (unpaired) electrons. The van der Waals surface area contributed by atoms with Crippen molar-refractivity contribution >= 4 is 29.9 Å². The average Bonchev–Trinajstić information content (AvgIpc) is 2.96. The van der Waals surface area contributed by atoms with Gasteiger partial charge < -0.3 is 15.1 Å². The van der Waals surface area contributed by atoms with Crippen LogP contribution in [0.25, 0.3) is 0 Å². The Hall–Kier alpha value is -1.09. The fourth-order valence-corrected chi connectivity index (χ4v) is 2.70. The van der Waals surface area contributed by atoms with Gasteiger partial charge in [-0.15, -0.1) is 30.6 Å². The molecule has 0 aromatic carbocycles. The molecule has 1 aromatic heterocycles. The van der Waals surface area contributed by atoms with Gasteiger partial charge in [0.05, 0.1) is 12.2 Å². The third-order valence-corrected chi connectivity index (χ3v) is 4.16. The molecule has 0 saturated carbocycles. The van der Waals surface area contributed by atoms with Crippen LogP contribution in [0.4, 0.5) is 0 Å². The van der Waals surface area contributed by atoms with Crippen molar-refractivity contribution in [1.29, 1.82) is 0 Å². The van der Waals surface area contributed by atoms with Gasteiger partial charge in [0.2, 0.25) is 0 Å². The predicted molar refractivity (Wildman–Crippen MR) is 118 cm³/mol. The molecule has 0 fully saturated rings. The maximum absolute atomic E-state index is 4.41. The van der Waals surface area contributed by atoms with Gasteiger partial charge in [0.25, 0.3) is 0 Å². The molecular weight excluding hydrogens is 427 g/mol. The largest absolute Gasteiger partial charge is 0.354 e. The number of rotatable bonds is 10. The lowest BCUT2D eigenvalue weighted by atomic mass is 10.1. The van der Waals surface area contributed by atoms with Crippen LogP contribution in [0, 0.1) is 0 Å². The maximum atomic E-state index is 4.41. The molecule has 6 nitrogen and oxygen atoms in total. The Morgan fingerprint density at radius 1 is 1.36 bits per heavy atom. The summed E-state index contributed by atoms with van der Waals surface area (Å²) in [6.45, 7) is 5.57. The Labute approximate surface area is 170 Å².